The van der Waals surface area contributed by atoms with Crippen molar-refractivity contribution in [1.29, 1.82) is 0 Å². The number of nitro groups is 1. The van der Waals surface area contributed by atoms with Crippen molar-refractivity contribution in [2.75, 3.05) is 5.73 Å². The van der Waals surface area contributed by atoms with E-state index >= 15 is 0 Å². The number of para-hydroxylation sites is 2. The van der Waals surface area contributed by atoms with Gasteiger partial charge >= 0.3 is 5.69 Å². The molecule has 2 heterocycles. The van der Waals surface area contributed by atoms with Gasteiger partial charge in [0.1, 0.15) is 11.7 Å². The van der Waals surface area contributed by atoms with Gasteiger partial charge in [-0.05, 0) is 23.9 Å². The van der Waals surface area contributed by atoms with Crippen LogP contribution in [0.2, 0.25) is 0 Å². The molecule has 0 saturated heterocycles. The summed E-state index contributed by atoms with van der Waals surface area (Å²) in [7, 11) is 0. The van der Waals surface area contributed by atoms with Crippen LogP contribution in [0.3, 0.4) is 0 Å². The predicted octanol–water partition coefficient (Wildman–Crippen LogP) is 2.26. The highest BCUT2D eigenvalue weighted by Gasteiger charge is 2.20. The van der Waals surface area contributed by atoms with E-state index in [4.69, 9.17) is 10.2 Å². The van der Waals surface area contributed by atoms with Gasteiger partial charge in [-0.1, -0.05) is 12.1 Å². The highest BCUT2D eigenvalue weighted by Crippen LogP contribution is 2.33. The molecular formula is C11H7N5O3S. The molecule has 1 aromatic carbocycles. The molecule has 0 fully saturated rings. The van der Waals surface area contributed by atoms with E-state index in [9.17, 15) is 10.1 Å². The Morgan fingerprint density at radius 3 is 2.85 bits per heavy atom. The Labute approximate surface area is 116 Å². The van der Waals surface area contributed by atoms with Crippen LogP contribution in [-0.4, -0.2) is 19.9 Å². The Morgan fingerprint density at radius 2 is 2.10 bits per heavy atom. The van der Waals surface area contributed by atoms with Crippen molar-refractivity contribution in [2.45, 2.75) is 10.2 Å². The van der Waals surface area contributed by atoms with E-state index in [0.29, 0.717) is 11.1 Å². The van der Waals surface area contributed by atoms with Crippen molar-refractivity contribution in [2.24, 2.45) is 0 Å². The SMILES string of the molecule is Nc1ncc([N+](=O)[O-])c(Sc2nc3ccccc3o2)n1. The topological polar surface area (TPSA) is 121 Å². The van der Waals surface area contributed by atoms with Gasteiger partial charge in [0.25, 0.3) is 5.22 Å². The predicted molar refractivity (Wildman–Crippen MR) is 71.2 cm³/mol. The molecule has 0 spiro atoms. The minimum absolute atomic E-state index is 0.0470. The molecular weight excluding hydrogens is 282 g/mol. The number of hydrogen-bond acceptors (Lipinski definition) is 8. The fraction of sp³-hybridized carbons (Fsp3) is 0. The number of oxazole rings is 1. The third kappa shape index (κ3) is 2.26. The van der Waals surface area contributed by atoms with Gasteiger partial charge in [-0.15, -0.1) is 0 Å². The van der Waals surface area contributed by atoms with E-state index in [0.717, 1.165) is 18.0 Å². The van der Waals surface area contributed by atoms with Crippen LogP contribution in [0.25, 0.3) is 11.1 Å². The first-order chi connectivity index (χ1) is 9.63. The lowest BCUT2D eigenvalue weighted by atomic mass is 10.3. The summed E-state index contributed by atoms with van der Waals surface area (Å²) < 4.78 is 5.47. The van der Waals surface area contributed by atoms with Crippen LogP contribution >= 0.6 is 11.8 Å². The van der Waals surface area contributed by atoms with Crippen LogP contribution < -0.4 is 5.73 Å². The van der Waals surface area contributed by atoms with Crippen molar-refractivity contribution in [1.82, 2.24) is 15.0 Å². The zero-order chi connectivity index (χ0) is 14.1. The van der Waals surface area contributed by atoms with Gasteiger partial charge in [0.05, 0.1) is 4.92 Å². The van der Waals surface area contributed by atoms with E-state index < -0.39 is 4.92 Å². The van der Waals surface area contributed by atoms with Crippen LogP contribution in [0.1, 0.15) is 0 Å². The summed E-state index contributed by atoms with van der Waals surface area (Å²) in [4.78, 5) is 22.0. The number of hydrogen-bond donors (Lipinski definition) is 1. The molecule has 20 heavy (non-hydrogen) atoms. The van der Waals surface area contributed by atoms with Gasteiger partial charge in [0.2, 0.25) is 5.95 Å². The Kier molecular flexibility index (Phi) is 2.95. The molecule has 2 aromatic heterocycles. The molecule has 100 valence electrons. The normalized spacial score (nSPS) is 10.8. The highest BCUT2D eigenvalue weighted by molar-refractivity contribution is 7.99. The molecule has 3 aromatic rings. The molecule has 0 radical (unpaired) electrons. The van der Waals surface area contributed by atoms with E-state index in [1.807, 2.05) is 12.1 Å². The van der Waals surface area contributed by atoms with Crippen LogP contribution in [0.15, 0.2) is 45.1 Å². The largest absolute Gasteiger partial charge is 0.431 e. The minimum Gasteiger partial charge on any atom is -0.431 e. The number of nitrogens with zero attached hydrogens (tertiary/aromatic N) is 4. The molecule has 2 N–H and O–H groups in total. The maximum absolute atomic E-state index is 10.9. The molecule has 0 saturated carbocycles. The van der Waals surface area contributed by atoms with E-state index in [1.54, 1.807) is 12.1 Å². The lowest BCUT2D eigenvalue weighted by Crippen LogP contribution is -2.00. The summed E-state index contributed by atoms with van der Waals surface area (Å²) in [5.41, 5.74) is 6.47. The second-order valence-electron chi connectivity index (χ2n) is 3.73. The summed E-state index contributed by atoms with van der Waals surface area (Å²) in [5, 5.41) is 11.3. The molecule has 8 nitrogen and oxygen atoms in total. The van der Waals surface area contributed by atoms with Crippen LogP contribution in [-0.2, 0) is 0 Å². The first-order valence-corrected chi connectivity index (χ1v) is 6.25. The van der Waals surface area contributed by atoms with Crippen molar-refractivity contribution >= 4 is 34.5 Å². The lowest BCUT2D eigenvalue weighted by molar-refractivity contribution is -0.388. The zero-order valence-corrected chi connectivity index (χ0v) is 10.7. The Hall–Kier alpha value is -2.68. The van der Waals surface area contributed by atoms with Gasteiger partial charge in [0.15, 0.2) is 10.6 Å². The number of fused-ring (bicyclic) bond motifs is 1. The number of rotatable bonds is 3. The molecule has 0 aliphatic heterocycles. The number of nitrogen functional groups attached to an aromatic ring is 1. The average Bonchev–Trinajstić information content (AvgIpc) is 2.80. The molecule has 3 rings (SSSR count). The Bertz CT molecular complexity index is 771. The highest BCUT2D eigenvalue weighted by atomic mass is 32.2. The van der Waals surface area contributed by atoms with Crippen molar-refractivity contribution in [3.63, 3.8) is 0 Å². The molecule has 9 heteroatoms. The second kappa shape index (κ2) is 4.78. The van der Waals surface area contributed by atoms with Crippen LogP contribution in [0, 0.1) is 10.1 Å². The Morgan fingerprint density at radius 1 is 1.30 bits per heavy atom. The quantitative estimate of drug-likeness (QED) is 0.442. The van der Waals surface area contributed by atoms with Crippen molar-refractivity contribution in [3.05, 3.63) is 40.6 Å². The third-order valence-corrected chi connectivity index (χ3v) is 3.25. The van der Waals surface area contributed by atoms with E-state index in [-0.39, 0.29) is 21.9 Å². The maximum atomic E-state index is 10.9. The summed E-state index contributed by atoms with van der Waals surface area (Å²) in [6.07, 6.45) is 1.06. The summed E-state index contributed by atoms with van der Waals surface area (Å²) in [6.45, 7) is 0. The summed E-state index contributed by atoms with van der Waals surface area (Å²) in [5.74, 6) is -0.0470. The van der Waals surface area contributed by atoms with Crippen LogP contribution in [0.5, 0.6) is 0 Å². The summed E-state index contributed by atoms with van der Waals surface area (Å²) >= 11 is 0.932. The molecule has 0 atom stereocenters. The smallest absolute Gasteiger partial charge is 0.320 e. The first-order valence-electron chi connectivity index (χ1n) is 5.44. The molecule has 0 aliphatic carbocycles. The van der Waals surface area contributed by atoms with Gasteiger partial charge in [-0.2, -0.15) is 4.98 Å². The fourth-order valence-corrected chi connectivity index (χ4v) is 2.36. The fourth-order valence-electron chi connectivity index (χ4n) is 1.55. The molecule has 0 unspecified atom stereocenters. The van der Waals surface area contributed by atoms with Crippen molar-refractivity contribution < 1.29 is 9.34 Å². The molecule has 0 amide bonds. The van der Waals surface area contributed by atoms with E-state index in [2.05, 4.69) is 15.0 Å². The standard InChI is InChI=1S/C11H7N5O3S/c12-10-13-5-7(16(17)18)9(15-10)20-11-14-6-3-1-2-4-8(6)19-11/h1-5H,(H2,12,13,15). The number of anilines is 1. The van der Waals surface area contributed by atoms with Gasteiger partial charge in [-0.3, -0.25) is 10.1 Å². The minimum atomic E-state index is -0.579. The number of benzene rings is 1. The lowest BCUT2D eigenvalue weighted by Gasteiger charge is -1.98. The van der Waals surface area contributed by atoms with Crippen LogP contribution in [0.4, 0.5) is 11.6 Å². The monoisotopic (exact) mass is 289 g/mol. The zero-order valence-electron chi connectivity index (χ0n) is 9.89. The Balaban J connectivity index is 2.01. The maximum Gasteiger partial charge on any atom is 0.320 e. The second-order valence-corrected chi connectivity index (χ2v) is 4.67. The molecule has 0 bridgehead atoms. The average molecular weight is 289 g/mol. The van der Waals surface area contributed by atoms with Gasteiger partial charge in [0, 0.05) is 0 Å². The van der Waals surface area contributed by atoms with Gasteiger partial charge < -0.3 is 10.2 Å². The first kappa shape index (κ1) is 12.4. The van der Waals surface area contributed by atoms with Gasteiger partial charge in [-0.25, -0.2) is 9.97 Å². The molecule has 0 aliphatic rings. The summed E-state index contributed by atoms with van der Waals surface area (Å²) in [6, 6.07) is 7.18. The van der Waals surface area contributed by atoms with Crippen molar-refractivity contribution in [3.8, 4) is 0 Å². The van der Waals surface area contributed by atoms with E-state index in [1.165, 1.54) is 0 Å². The third-order valence-electron chi connectivity index (χ3n) is 2.41. The number of nitrogens with two attached hydrogens (primary N) is 1. The number of aromatic nitrogens is 3.